The van der Waals surface area contributed by atoms with Crippen LogP contribution in [-0.4, -0.2) is 65.1 Å². The van der Waals surface area contributed by atoms with E-state index in [0.717, 1.165) is 30.1 Å². The molecule has 3 amide bonds. The van der Waals surface area contributed by atoms with Gasteiger partial charge in [0.25, 0.3) is 5.91 Å². The highest BCUT2D eigenvalue weighted by molar-refractivity contribution is 6.11. The van der Waals surface area contributed by atoms with E-state index in [9.17, 15) is 14.4 Å². The van der Waals surface area contributed by atoms with Crippen molar-refractivity contribution in [3.05, 3.63) is 70.8 Å². The minimum absolute atomic E-state index is 0.165. The third-order valence-corrected chi connectivity index (χ3v) is 5.81. The molecule has 0 atom stereocenters. The molecule has 1 fully saturated rings. The van der Waals surface area contributed by atoms with Crippen molar-refractivity contribution in [1.82, 2.24) is 14.7 Å². The van der Waals surface area contributed by atoms with E-state index in [1.165, 1.54) is 11.1 Å². The van der Waals surface area contributed by atoms with Crippen molar-refractivity contribution in [3.63, 3.8) is 0 Å². The summed E-state index contributed by atoms with van der Waals surface area (Å²) in [5.74, 6) is -0.842. The van der Waals surface area contributed by atoms with Gasteiger partial charge in [-0.1, -0.05) is 42.5 Å². The number of nitrogens with zero attached hydrogens (tertiary/aromatic N) is 3. The van der Waals surface area contributed by atoms with Crippen LogP contribution >= 0.6 is 0 Å². The minimum atomic E-state index is -0.372. The van der Waals surface area contributed by atoms with E-state index in [-0.39, 0.29) is 30.7 Å². The monoisotopic (exact) mass is 391 g/mol. The van der Waals surface area contributed by atoms with Crippen LogP contribution < -0.4 is 0 Å². The first kappa shape index (κ1) is 19.3. The minimum Gasteiger partial charge on any atom is -0.339 e. The molecule has 0 bridgehead atoms. The number of carbonyl (C=O) groups is 3. The number of rotatable bonds is 4. The van der Waals surface area contributed by atoms with Crippen LogP contribution in [0.3, 0.4) is 0 Å². The van der Waals surface area contributed by atoms with Gasteiger partial charge in [0.05, 0.1) is 6.42 Å². The summed E-state index contributed by atoms with van der Waals surface area (Å²) >= 11 is 0. The molecule has 0 aromatic heterocycles. The summed E-state index contributed by atoms with van der Waals surface area (Å²) in [6.45, 7) is 5.59. The largest absolute Gasteiger partial charge is 0.339 e. The first-order chi connectivity index (χ1) is 14.0. The zero-order valence-electron chi connectivity index (χ0n) is 16.6. The number of imide groups is 1. The van der Waals surface area contributed by atoms with Gasteiger partial charge in [-0.3, -0.25) is 24.2 Å². The average Bonchev–Trinajstić information content (AvgIpc) is 2.73. The number of fused-ring (bicyclic) bond motifs is 1. The number of benzene rings is 2. The second kappa shape index (κ2) is 8.17. The van der Waals surface area contributed by atoms with Gasteiger partial charge in [-0.05, 0) is 29.7 Å². The van der Waals surface area contributed by atoms with Crippen molar-refractivity contribution in [2.45, 2.75) is 19.9 Å². The van der Waals surface area contributed by atoms with Gasteiger partial charge < -0.3 is 4.90 Å². The maximum Gasteiger partial charge on any atom is 0.261 e. The molecular formula is C23H25N3O3. The molecule has 4 rings (SSSR count). The molecule has 2 aromatic rings. The van der Waals surface area contributed by atoms with E-state index in [1.807, 2.05) is 18.2 Å². The van der Waals surface area contributed by atoms with Crippen LogP contribution in [0.5, 0.6) is 0 Å². The highest BCUT2D eigenvalue weighted by Crippen LogP contribution is 2.20. The van der Waals surface area contributed by atoms with Crippen molar-refractivity contribution in [3.8, 4) is 0 Å². The number of hydrogen-bond acceptors (Lipinski definition) is 4. The number of aryl methyl sites for hydroxylation is 1. The Kier molecular flexibility index (Phi) is 5.45. The fourth-order valence-electron chi connectivity index (χ4n) is 3.98. The fraction of sp³-hybridized carbons (Fsp3) is 0.348. The lowest BCUT2D eigenvalue weighted by Crippen LogP contribution is -2.53. The highest BCUT2D eigenvalue weighted by Gasteiger charge is 2.33. The van der Waals surface area contributed by atoms with Crippen molar-refractivity contribution < 1.29 is 14.4 Å². The fourth-order valence-corrected chi connectivity index (χ4v) is 3.98. The first-order valence-corrected chi connectivity index (χ1v) is 10.00. The third-order valence-electron chi connectivity index (χ3n) is 5.81. The van der Waals surface area contributed by atoms with Crippen LogP contribution in [0, 0.1) is 6.92 Å². The average molecular weight is 391 g/mol. The molecule has 1 saturated heterocycles. The first-order valence-electron chi connectivity index (χ1n) is 10.00. The second-order valence-corrected chi connectivity index (χ2v) is 7.70. The zero-order valence-corrected chi connectivity index (χ0v) is 16.6. The maximum absolute atomic E-state index is 12.7. The van der Waals surface area contributed by atoms with Crippen molar-refractivity contribution in [2.75, 3.05) is 32.7 Å². The van der Waals surface area contributed by atoms with E-state index in [2.05, 4.69) is 24.0 Å². The summed E-state index contributed by atoms with van der Waals surface area (Å²) in [4.78, 5) is 43.0. The predicted octanol–water partition coefficient (Wildman–Crippen LogP) is 1.86. The topological polar surface area (TPSA) is 60.9 Å². The number of piperazine rings is 1. The molecule has 29 heavy (non-hydrogen) atoms. The normalized spacial score (nSPS) is 17.4. The van der Waals surface area contributed by atoms with E-state index in [1.54, 1.807) is 23.1 Å². The predicted molar refractivity (Wildman–Crippen MR) is 109 cm³/mol. The van der Waals surface area contributed by atoms with Gasteiger partial charge in [-0.25, -0.2) is 0 Å². The van der Waals surface area contributed by atoms with Gasteiger partial charge in [0, 0.05) is 38.3 Å². The summed E-state index contributed by atoms with van der Waals surface area (Å²) in [6.07, 6.45) is 0.166. The van der Waals surface area contributed by atoms with Crippen molar-refractivity contribution in [1.29, 1.82) is 0 Å². The molecule has 0 radical (unpaired) electrons. The molecule has 150 valence electrons. The lowest BCUT2D eigenvalue weighted by atomic mass is 9.98. The lowest BCUT2D eigenvalue weighted by Gasteiger charge is -2.36. The van der Waals surface area contributed by atoms with Crippen LogP contribution in [0.1, 0.15) is 27.0 Å². The van der Waals surface area contributed by atoms with E-state index >= 15 is 0 Å². The van der Waals surface area contributed by atoms with Gasteiger partial charge in [-0.2, -0.15) is 0 Å². The SMILES string of the molecule is Cc1ccccc1CN1CCN(C(=O)CN2C(=O)Cc3ccccc3C2=O)CC1. The molecule has 0 spiro atoms. The Morgan fingerprint density at radius 1 is 0.931 bits per heavy atom. The Morgan fingerprint density at radius 3 is 2.38 bits per heavy atom. The lowest BCUT2D eigenvalue weighted by molar-refractivity contribution is -0.139. The number of hydrogen-bond donors (Lipinski definition) is 0. The van der Waals surface area contributed by atoms with Crippen molar-refractivity contribution >= 4 is 17.7 Å². The summed E-state index contributed by atoms with van der Waals surface area (Å²) < 4.78 is 0. The molecule has 0 saturated carbocycles. The Labute approximate surface area is 170 Å². The number of amides is 3. The third kappa shape index (κ3) is 4.07. The Hall–Kier alpha value is -2.99. The smallest absolute Gasteiger partial charge is 0.261 e. The molecule has 6 heteroatoms. The second-order valence-electron chi connectivity index (χ2n) is 7.70. The maximum atomic E-state index is 12.7. The summed E-state index contributed by atoms with van der Waals surface area (Å²) in [5, 5.41) is 0. The molecule has 2 heterocycles. The summed E-state index contributed by atoms with van der Waals surface area (Å²) in [6, 6.07) is 15.4. The van der Waals surface area contributed by atoms with E-state index < -0.39 is 0 Å². The number of carbonyl (C=O) groups excluding carboxylic acids is 3. The standard InChI is InChI=1S/C23H25N3O3/c1-17-6-2-3-8-19(17)15-24-10-12-25(13-11-24)22(28)16-26-21(27)14-18-7-4-5-9-20(18)23(26)29/h2-9H,10-16H2,1H3. The molecule has 0 aliphatic carbocycles. The Balaban J connectivity index is 1.34. The summed E-state index contributed by atoms with van der Waals surface area (Å²) in [5.41, 5.74) is 3.82. The van der Waals surface area contributed by atoms with Crippen LogP contribution in [0.15, 0.2) is 48.5 Å². The van der Waals surface area contributed by atoms with Crippen LogP contribution in [0.4, 0.5) is 0 Å². The molecule has 6 nitrogen and oxygen atoms in total. The quantitative estimate of drug-likeness (QED) is 0.747. The Morgan fingerprint density at radius 2 is 1.62 bits per heavy atom. The molecule has 0 unspecified atom stereocenters. The molecule has 0 N–H and O–H groups in total. The zero-order chi connectivity index (χ0) is 20.4. The van der Waals surface area contributed by atoms with E-state index in [0.29, 0.717) is 18.7 Å². The molecular weight excluding hydrogens is 366 g/mol. The van der Waals surface area contributed by atoms with E-state index in [4.69, 9.17) is 0 Å². The Bertz CT molecular complexity index is 948. The van der Waals surface area contributed by atoms with Gasteiger partial charge in [0.15, 0.2) is 0 Å². The van der Waals surface area contributed by atoms with Crippen molar-refractivity contribution in [2.24, 2.45) is 0 Å². The summed E-state index contributed by atoms with van der Waals surface area (Å²) in [7, 11) is 0. The highest BCUT2D eigenvalue weighted by atomic mass is 16.2. The molecule has 2 aromatic carbocycles. The van der Waals surface area contributed by atoms with Crippen LogP contribution in [0.25, 0.3) is 0 Å². The van der Waals surface area contributed by atoms with Gasteiger partial charge in [0.2, 0.25) is 11.8 Å². The van der Waals surface area contributed by atoms with Gasteiger partial charge >= 0.3 is 0 Å². The molecule has 2 aliphatic heterocycles. The van der Waals surface area contributed by atoms with Crippen LogP contribution in [0.2, 0.25) is 0 Å². The van der Waals surface area contributed by atoms with Gasteiger partial charge in [-0.15, -0.1) is 0 Å². The van der Waals surface area contributed by atoms with Gasteiger partial charge in [0.1, 0.15) is 6.54 Å². The molecule has 2 aliphatic rings. The van der Waals surface area contributed by atoms with Crippen LogP contribution in [-0.2, 0) is 22.6 Å².